The van der Waals surface area contributed by atoms with Crippen LogP contribution in [0.15, 0.2) is 0 Å². The van der Waals surface area contributed by atoms with Crippen molar-refractivity contribution in [3.8, 4) is 0 Å². The Kier molecular flexibility index (Phi) is 7.09. The lowest BCUT2D eigenvalue weighted by Crippen LogP contribution is -2.37. The van der Waals surface area contributed by atoms with E-state index in [1.54, 1.807) is 11.8 Å². The Balaban J connectivity index is 3.50. The van der Waals surface area contributed by atoms with Crippen LogP contribution in [0.1, 0.15) is 26.7 Å². The van der Waals surface area contributed by atoms with Gasteiger partial charge in [0, 0.05) is 0 Å². The quantitative estimate of drug-likeness (QED) is 0.619. The first kappa shape index (κ1) is 12.8. The number of hydrogen-bond acceptors (Lipinski definition) is 3. The van der Waals surface area contributed by atoms with Gasteiger partial charge in [-0.15, -0.1) is 0 Å². The molecule has 1 unspecified atom stereocenters. The van der Waals surface area contributed by atoms with E-state index in [-0.39, 0.29) is 5.92 Å². The standard InChI is InChI=1S/C9H19NO2S/c1-3-4-5-13-6-7(2)8(10)9(11)12/h7-8H,3-6,10H2,1-2H3,(H,11,12)/t7?,8-/m0/s1. The fourth-order valence-electron chi connectivity index (χ4n) is 0.863. The molecule has 2 atom stereocenters. The van der Waals surface area contributed by atoms with E-state index in [4.69, 9.17) is 10.8 Å². The first-order chi connectivity index (χ1) is 6.09. The van der Waals surface area contributed by atoms with Gasteiger partial charge in [0.25, 0.3) is 0 Å². The molecule has 0 aromatic heterocycles. The molecule has 0 aliphatic carbocycles. The van der Waals surface area contributed by atoms with E-state index < -0.39 is 12.0 Å². The molecule has 0 aliphatic rings. The lowest BCUT2D eigenvalue weighted by molar-refractivity contribution is -0.139. The zero-order valence-corrected chi connectivity index (χ0v) is 9.14. The van der Waals surface area contributed by atoms with Gasteiger partial charge >= 0.3 is 5.97 Å². The zero-order valence-electron chi connectivity index (χ0n) is 8.32. The highest BCUT2D eigenvalue weighted by molar-refractivity contribution is 7.99. The topological polar surface area (TPSA) is 63.3 Å². The Hall–Kier alpha value is -0.220. The fourth-order valence-corrected chi connectivity index (χ4v) is 2.10. The SMILES string of the molecule is CCCCSCC(C)[C@H](N)C(=O)O. The van der Waals surface area contributed by atoms with Gasteiger partial charge in [-0.1, -0.05) is 20.3 Å². The largest absolute Gasteiger partial charge is 0.480 e. The summed E-state index contributed by atoms with van der Waals surface area (Å²) in [4.78, 5) is 10.5. The van der Waals surface area contributed by atoms with Crippen molar-refractivity contribution in [2.24, 2.45) is 11.7 Å². The lowest BCUT2D eigenvalue weighted by atomic mass is 10.1. The Morgan fingerprint density at radius 2 is 2.23 bits per heavy atom. The Morgan fingerprint density at radius 1 is 1.62 bits per heavy atom. The van der Waals surface area contributed by atoms with Crippen molar-refractivity contribution in [3.63, 3.8) is 0 Å². The van der Waals surface area contributed by atoms with Crippen LogP contribution in [0.5, 0.6) is 0 Å². The minimum atomic E-state index is -0.899. The van der Waals surface area contributed by atoms with Crippen LogP contribution in [0, 0.1) is 5.92 Å². The molecule has 0 spiro atoms. The maximum absolute atomic E-state index is 10.5. The average Bonchev–Trinajstić information content (AvgIpc) is 2.10. The van der Waals surface area contributed by atoms with Crippen LogP contribution in [0.2, 0.25) is 0 Å². The Labute approximate surface area is 84.1 Å². The monoisotopic (exact) mass is 205 g/mol. The van der Waals surface area contributed by atoms with E-state index in [0.29, 0.717) is 0 Å². The van der Waals surface area contributed by atoms with Crippen molar-refractivity contribution in [3.05, 3.63) is 0 Å². The second-order valence-electron chi connectivity index (χ2n) is 3.27. The predicted molar refractivity (Wildman–Crippen MR) is 57.0 cm³/mol. The smallest absolute Gasteiger partial charge is 0.320 e. The Bertz CT molecular complexity index is 153. The lowest BCUT2D eigenvalue weighted by Gasteiger charge is -2.14. The second-order valence-corrected chi connectivity index (χ2v) is 4.42. The summed E-state index contributed by atoms with van der Waals surface area (Å²) in [6.07, 6.45) is 2.38. The molecular weight excluding hydrogens is 186 g/mol. The molecule has 4 heteroatoms. The zero-order chi connectivity index (χ0) is 10.3. The summed E-state index contributed by atoms with van der Waals surface area (Å²) in [5, 5.41) is 8.62. The van der Waals surface area contributed by atoms with Crippen molar-refractivity contribution in [1.82, 2.24) is 0 Å². The van der Waals surface area contributed by atoms with Crippen molar-refractivity contribution in [2.45, 2.75) is 32.7 Å². The molecule has 0 heterocycles. The van der Waals surface area contributed by atoms with Gasteiger partial charge in [0.15, 0.2) is 0 Å². The third-order valence-corrected chi connectivity index (χ3v) is 3.26. The van der Waals surface area contributed by atoms with Crippen LogP contribution < -0.4 is 5.73 Å². The molecule has 0 aliphatic heterocycles. The first-order valence-corrected chi connectivity index (χ1v) is 5.81. The maximum Gasteiger partial charge on any atom is 0.320 e. The van der Waals surface area contributed by atoms with E-state index in [0.717, 1.165) is 11.5 Å². The summed E-state index contributed by atoms with van der Waals surface area (Å²) < 4.78 is 0. The highest BCUT2D eigenvalue weighted by Crippen LogP contribution is 2.12. The molecule has 13 heavy (non-hydrogen) atoms. The maximum atomic E-state index is 10.5. The molecule has 0 saturated carbocycles. The van der Waals surface area contributed by atoms with Crippen LogP contribution >= 0.6 is 11.8 Å². The number of carboxylic acid groups (broad SMARTS) is 1. The third kappa shape index (κ3) is 5.93. The van der Waals surface area contributed by atoms with Crippen LogP contribution in [0.4, 0.5) is 0 Å². The molecule has 0 radical (unpaired) electrons. The molecule has 78 valence electrons. The number of unbranched alkanes of at least 4 members (excludes halogenated alkanes) is 1. The van der Waals surface area contributed by atoms with Gasteiger partial charge in [-0.25, -0.2) is 0 Å². The number of carbonyl (C=O) groups is 1. The highest BCUT2D eigenvalue weighted by Gasteiger charge is 2.19. The number of carboxylic acids is 1. The molecule has 0 rings (SSSR count). The molecule has 3 N–H and O–H groups in total. The van der Waals surface area contributed by atoms with Crippen molar-refractivity contribution < 1.29 is 9.90 Å². The molecule has 0 aromatic carbocycles. The van der Waals surface area contributed by atoms with E-state index >= 15 is 0 Å². The van der Waals surface area contributed by atoms with Gasteiger partial charge in [0.2, 0.25) is 0 Å². The number of nitrogens with two attached hydrogens (primary N) is 1. The van der Waals surface area contributed by atoms with Crippen molar-refractivity contribution in [1.29, 1.82) is 0 Å². The summed E-state index contributed by atoms with van der Waals surface area (Å²) in [7, 11) is 0. The molecule has 0 amide bonds. The van der Waals surface area contributed by atoms with Crippen LogP contribution in [-0.2, 0) is 4.79 Å². The van der Waals surface area contributed by atoms with Gasteiger partial charge < -0.3 is 10.8 Å². The molecule has 3 nitrogen and oxygen atoms in total. The minimum absolute atomic E-state index is 0.0550. The minimum Gasteiger partial charge on any atom is -0.480 e. The van der Waals surface area contributed by atoms with Gasteiger partial charge in [-0.3, -0.25) is 4.79 Å². The van der Waals surface area contributed by atoms with E-state index in [1.807, 2.05) is 6.92 Å². The average molecular weight is 205 g/mol. The van der Waals surface area contributed by atoms with E-state index in [9.17, 15) is 4.79 Å². The van der Waals surface area contributed by atoms with Gasteiger partial charge in [0.05, 0.1) is 0 Å². The molecule has 0 saturated heterocycles. The number of aliphatic carboxylic acids is 1. The van der Waals surface area contributed by atoms with E-state index in [2.05, 4.69) is 6.92 Å². The van der Waals surface area contributed by atoms with Crippen LogP contribution in [0.3, 0.4) is 0 Å². The summed E-state index contributed by atoms with van der Waals surface area (Å²) in [5.41, 5.74) is 5.46. The van der Waals surface area contributed by atoms with Gasteiger partial charge in [-0.05, 0) is 23.8 Å². The van der Waals surface area contributed by atoms with Gasteiger partial charge in [0.1, 0.15) is 6.04 Å². The molecule has 0 fully saturated rings. The summed E-state index contributed by atoms with van der Waals surface area (Å²) in [6.45, 7) is 4.03. The van der Waals surface area contributed by atoms with Crippen molar-refractivity contribution >= 4 is 17.7 Å². The molecule has 0 aromatic rings. The second kappa shape index (κ2) is 7.21. The van der Waals surface area contributed by atoms with Crippen LogP contribution in [-0.4, -0.2) is 28.6 Å². The predicted octanol–water partition coefficient (Wildman–Crippen LogP) is 1.57. The highest BCUT2D eigenvalue weighted by atomic mass is 32.2. The third-order valence-electron chi connectivity index (χ3n) is 1.92. The summed E-state index contributed by atoms with van der Waals surface area (Å²) in [5.74, 6) is 1.10. The van der Waals surface area contributed by atoms with Gasteiger partial charge in [-0.2, -0.15) is 11.8 Å². The van der Waals surface area contributed by atoms with Crippen molar-refractivity contribution in [2.75, 3.05) is 11.5 Å². The summed E-state index contributed by atoms with van der Waals surface area (Å²) in [6, 6.07) is -0.714. The molecule has 0 bridgehead atoms. The Morgan fingerprint density at radius 3 is 2.69 bits per heavy atom. The van der Waals surface area contributed by atoms with Crippen LogP contribution in [0.25, 0.3) is 0 Å². The van der Waals surface area contributed by atoms with E-state index in [1.165, 1.54) is 12.8 Å². The number of thioether (sulfide) groups is 1. The number of rotatable bonds is 7. The summed E-state index contributed by atoms with van der Waals surface area (Å²) >= 11 is 1.79. The molecular formula is C9H19NO2S. The fraction of sp³-hybridized carbons (Fsp3) is 0.889. The first-order valence-electron chi connectivity index (χ1n) is 4.65. The number of hydrogen-bond donors (Lipinski definition) is 2. The normalized spacial score (nSPS) is 15.3.